The maximum atomic E-state index is 8.00. The second kappa shape index (κ2) is 26.8. The molecule has 0 aliphatic heterocycles. The average Bonchev–Trinajstić information content (AvgIpc) is 2.62. The summed E-state index contributed by atoms with van der Waals surface area (Å²) in [5.41, 5.74) is 0.508. The Morgan fingerprint density at radius 2 is 1.71 bits per heavy atom. The van der Waals surface area contributed by atoms with Gasteiger partial charge in [0.2, 0.25) is 0 Å². The van der Waals surface area contributed by atoms with Gasteiger partial charge in [0.25, 0.3) is 6.26 Å². The van der Waals surface area contributed by atoms with E-state index in [1.807, 2.05) is 27.6 Å². The van der Waals surface area contributed by atoms with Gasteiger partial charge >= 0.3 is 0 Å². The van der Waals surface area contributed by atoms with E-state index in [-0.39, 0.29) is 0 Å². The molecule has 0 fully saturated rings. The maximum absolute atomic E-state index is 8.00. The normalized spacial score (nSPS) is 10.5. The topological polar surface area (TPSA) is 71.4 Å². The van der Waals surface area contributed by atoms with Gasteiger partial charge in [-0.1, -0.05) is 48.0 Å². The van der Waals surface area contributed by atoms with Crippen molar-refractivity contribution >= 4 is 6.79 Å². The van der Waals surface area contributed by atoms with Crippen LogP contribution in [0.4, 0.5) is 0 Å². The minimum absolute atomic E-state index is 0.483. The van der Waals surface area contributed by atoms with E-state index >= 15 is 0 Å². The lowest BCUT2D eigenvalue weighted by atomic mass is 9.83. The monoisotopic (exact) mass is 346 g/mol. The number of nitriles is 1. The van der Waals surface area contributed by atoms with Crippen LogP contribution < -0.4 is 5.32 Å². The lowest BCUT2D eigenvalue weighted by molar-refractivity contribution is -0.0979. The first kappa shape index (κ1) is 30.7. The van der Waals surface area contributed by atoms with Crippen LogP contribution in [0.25, 0.3) is 0 Å². The van der Waals surface area contributed by atoms with Gasteiger partial charge in [0.1, 0.15) is 6.79 Å². The van der Waals surface area contributed by atoms with Gasteiger partial charge in [0, 0.05) is 6.61 Å². The number of carbonyl (C=O) groups excluding carboxylic acids is 1. The summed E-state index contributed by atoms with van der Waals surface area (Å²) >= 11 is 0. The fraction of sp³-hybridized carbons (Fsp3) is 0.895. The number of carbonyl (C=O) groups is 1. The van der Waals surface area contributed by atoms with E-state index in [2.05, 4.69) is 37.7 Å². The molecule has 0 aromatic heterocycles. The quantitative estimate of drug-likeness (QED) is 0.350. The minimum atomic E-state index is 0.483. The van der Waals surface area contributed by atoms with Gasteiger partial charge in [0.05, 0.1) is 13.3 Å². The maximum Gasteiger partial charge on any atom is 0.286 e. The molecule has 0 aliphatic carbocycles. The molecule has 1 atom stereocenters. The van der Waals surface area contributed by atoms with Crippen LogP contribution >= 0.6 is 0 Å². The summed E-state index contributed by atoms with van der Waals surface area (Å²) in [6.45, 7) is 22.1. The molecule has 0 amide bonds. The molecule has 0 spiro atoms. The van der Waals surface area contributed by atoms with Gasteiger partial charge in [-0.05, 0) is 44.6 Å². The van der Waals surface area contributed by atoms with Gasteiger partial charge in [-0.15, -0.1) is 0 Å². The standard InChI is InChI=1S/C13H29NO.C3H5NO.C2H6.CH2O/c1-6-13(4,5)9-8-12(3)10-14-11-15-7-2;1-2-5-3-4;2*1-2/h12,14H,6-11H2,1-5H3;2H2,1H3;1-2H3;1H2. The van der Waals surface area contributed by atoms with Crippen molar-refractivity contribution in [3.05, 3.63) is 0 Å². The molecule has 146 valence electrons. The molecule has 1 N–H and O–H groups in total. The molecule has 0 heterocycles. The van der Waals surface area contributed by atoms with Crippen LogP contribution in [0.2, 0.25) is 0 Å². The Morgan fingerprint density at radius 3 is 2.04 bits per heavy atom. The Kier molecular flexibility index (Phi) is 34.3. The van der Waals surface area contributed by atoms with Gasteiger partial charge in [-0.3, -0.25) is 5.32 Å². The molecule has 5 nitrogen and oxygen atoms in total. The summed E-state index contributed by atoms with van der Waals surface area (Å²) in [6.07, 6.45) is 5.41. The highest BCUT2D eigenvalue weighted by Crippen LogP contribution is 2.27. The van der Waals surface area contributed by atoms with Crippen molar-refractivity contribution in [2.24, 2.45) is 11.3 Å². The fourth-order valence-electron chi connectivity index (χ4n) is 1.46. The molecule has 0 bridgehead atoms. The largest absolute Gasteiger partial charge is 0.428 e. The number of hydrogen-bond acceptors (Lipinski definition) is 5. The smallest absolute Gasteiger partial charge is 0.286 e. The van der Waals surface area contributed by atoms with E-state index in [1.165, 1.54) is 25.5 Å². The van der Waals surface area contributed by atoms with Crippen molar-refractivity contribution in [2.75, 3.05) is 26.5 Å². The van der Waals surface area contributed by atoms with Crippen LogP contribution in [0.1, 0.15) is 74.7 Å². The molecular weight excluding hydrogens is 304 g/mol. The first-order valence-electron chi connectivity index (χ1n) is 9.01. The summed E-state index contributed by atoms with van der Waals surface area (Å²) in [4.78, 5) is 8.00. The van der Waals surface area contributed by atoms with E-state index in [0.717, 1.165) is 19.1 Å². The zero-order valence-corrected chi connectivity index (χ0v) is 17.4. The van der Waals surface area contributed by atoms with Crippen LogP contribution in [0.5, 0.6) is 0 Å². The Morgan fingerprint density at radius 1 is 1.17 bits per heavy atom. The van der Waals surface area contributed by atoms with E-state index in [9.17, 15) is 0 Å². The lowest BCUT2D eigenvalue weighted by Crippen LogP contribution is -2.25. The Bertz CT molecular complexity index is 253. The van der Waals surface area contributed by atoms with E-state index in [0.29, 0.717) is 18.8 Å². The molecule has 0 radical (unpaired) electrons. The van der Waals surface area contributed by atoms with Crippen LogP contribution in [-0.2, 0) is 14.3 Å². The highest BCUT2D eigenvalue weighted by molar-refractivity contribution is 5.10. The predicted molar refractivity (Wildman–Crippen MR) is 103 cm³/mol. The first-order chi connectivity index (χ1) is 11.4. The molecule has 0 saturated heterocycles. The summed E-state index contributed by atoms with van der Waals surface area (Å²) in [7, 11) is 0. The second-order valence-corrected chi connectivity index (χ2v) is 5.78. The Balaban J connectivity index is -0.000000186. The van der Waals surface area contributed by atoms with Crippen molar-refractivity contribution in [2.45, 2.75) is 74.7 Å². The summed E-state index contributed by atoms with van der Waals surface area (Å²) in [5, 5.41) is 10.9. The van der Waals surface area contributed by atoms with Crippen LogP contribution in [0.15, 0.2) is 0 Å². The molecule has 0 rings (SSSR count). The zero-order chi connectivity index (χ0) is 19.9. The molecule has 0 aliphatic rings. The van der Waals surface area contributed by atoms with E-state index in [1.54, 1.807) is 6.92 Å². The SMILES string of the molecule is C=O.CC.CCOC#N.CCOCNCC(C)CCC(C)(C)CC. The van der Waals surface area contributed by atoms with E-state index in [4.69, 9.17) is 14.8 Å². The van der Waals surface area contributed by atoms with Crippen LogP contribution in [-0.4, -0.2) is 33.3 Å². The van der Waals surface area contributed by atoms with Crippen molar-refractivity contribution in [3.63, 3.8) is 0 Å². The number of hydrogen-bond donors (Lipinski definition) is 1. The van der Waals surface area contributed by atoms with Crippen molar-refractivity contribution < 1.29 is 14.3 Å². The average molecular weight is 347 g/mol. The third-order valence-corrected chi connectivity index (χ3v) is 3.38. The highest BCUT2D eigenvalue weighted by Gasteiger charge is 2.15. The zero-order valence-electron chi connectivity index (χ0n) is 17.4. The third kappa shape index (κ3) is 32.7. The second-order valence-electron chi connectivity index (χ2n) is 5.78. The summed E-state index contributed by atoms with van der Waals surface area (Å²) in [6, 6.07) is 0. The fourth-order valence-corrected chi connectivity index (χ4v) is 1.46. The van der Waals surface area contributed by atoms with Gasteiger partial charge < -0.3 is 14.3 Å². The number of nitrogens with one attached hydrogen (secondary N) is 1. The van der Waals surface area contributed by atoms with Gasteiger partial charge in [-0.2, -0.15) is 5.26 Å². The molecule has 5 heteroatoms. The van der Waals surface area contributed by atoms with Crippen molar-refractivity contribution in [1.29, 1.82) is 5.26 Å². The number of rotatable bonds is 10. The van der Waals surface area contributed by atoms with Crippen LogP contribution in [0, 0.1) is 22.9 Å². The highest BCUT2D eigenvalue weighted by atomic mass is 16.5. The Labute approximate surface area is 151 Å². The molecule has 1 unspecified atom stereocenters. The van der Waals surface area contributed by atoms with Gasteiger partial charge in [0.15, 0.2) is 0 Å². The third-order valence-electron chi connectivity index (χ3n) is 3.38. The number of ether oxygens (including phenoxy) is 2. The van der Waals surface area contributed by atoms with Crippen molar-refractivity contribution in [1.82, 2.24) is 5.32 Å². The Hall–Kier alpha value is -1.12. The van der Waals surface area contributed by atoms with E-state index < -0.39 is 0 Å². The summed E-state index contributed by atoms with van der Waals surface area (Å²) in [5.74, 6) is 0.747. The molecule has 0 saturated carbocycles. The molecular formula is C19H42N2O3. The summed E-state index contributed by atoms with van der Waals surface area (Å²) < 4.78 is 9.38. The molecule has 0 aromatic rings. The van der Waals surface area contributed by atoms with Crippen molar-refractivity contribution in [3.8, 4) is 6.26 Å². The molecule has 0 aromatic carbocycles. The van der Waals surface area contributed by atoms with Gasteiger partial charge in [-0.25, -0.2) is 0 Å². The predicted octanol–water partition coefficient (Wildman–Crippen LogP) is 4.77. The first-order valence-corrected chi connectivity index (χ1v) is 9.01. The van der Waals surface area contributed by atoms with Crippen LogP contribution in [0.3, 0.4) is 0 Å². The molecule has 24 heavy (non-hydrogen) atoms. The number of nitrogens with zero attached hydrogens (tertiary/aromatic N) is 1. The lowest BCUT2D eigenvalue weighted by Gasteiger charge is -2.24. The minimum Gasteiger partial charge on any atom is -0.428 e.